The van der Waals surface area contributed by atoms with Gasteiger partial charge in [-0.1, -0.05) is 16.9 Å². The molecule has 0 aromatic carbocycles. The predicted octanol–water partition coefficient (Wildman–Crippen LogP) is 3.35. The summed E-state index contributed by atoms with van der Waals surface area (Å²) in [5, 5.41) is 3.68. The number of aromatic nitrogens is 1. The molecule has 0 unspecified atom stereocenters. The van der Waals surface area contributed by atoms with Gasteiger partial charge in [0.2, 0.25) is 0 Å². The second-order valence-electron chi connectivity index (χ2n) is 4.50. The second kappa shape index (κ2) is 7.53. The molecule has 6 heteroatoms. The monoisotopic (exact) mass is 286 g/mol. The Morgan fingerprint density at radius 1 is 1.44 bits per heavy atom. The molecule has 1 rings (SSSR count). The number of nitrogens with one attached hydrogen (secondary N) is 1. The number of amides is 1. The van der Waals surface area contributed by atoms with Crippen molar-refractivity contribution < 1.29 is 9.53 Å². The van der Waals surface area contributed by atoms with Crippen LogP contribution in [0.15, 0.2) is 29.4 Å². The largest absolute Gasteiger partial charge is 0.444 e. The van der Waals surface area contributed by atoms with Crippen LogP contribution < -0.4 is 5.32 Å². The van der Waals surface area contributed by atoms with Crippen LogP contribution in [-0.2, 0) is 4.74 Å². The highest BCUT2D eigenvalue weighted by molar-refractivity contribution is 8.76. The van der Waals surface area contributed by atoms with Crippen molar-refractivity contribution in [1.82, 2.24) is 10.3 Å². The Kier molecular flexibility index (Phi) is 6.35. The van der Waals surface area contributed by atoms with E-state index in [9.17, 15) is 4.79 Å². The molecule has 0 aliphatic heterocycles. The van der Waals surface area contributed by atoms with Crippen LogP contribution >= 0.6 is 21.6 Å². The molecule has 0 aliphatic carbocycles. The fourth-order valence-electron chi connectivity index (χ4n) is 1.01. The van der Waals surface area contributed by atoms with Crippen LogP contribution in [-0.4, -0.2) is 29.0 Å². The van der Waals surface area contributed by atoms with Crippen molar-refractivity contribution in [2.24, 2.45) is 0 Å². The fourth-order valence-corrected chi connectivity index (χ4v) is 2.79. The summed E-state index contributed by atoms with van der Waals surface area (Å²) in [6.45, 7) is 6.12. The molecule has 0 radical (unpaired) electrons. The number of alkyl carbamates (subject to hydrolysis) is 1. The molecular weight excluding hydrogens is 268 g/mol. The first-order valence-electron chi connectivity index (χ1n) is 5.65. The predicted molar refractivity (Wildman–Crippen MR) is 76.8 cm³/mol. The third-order valence-electron chi connectivity index (χ3n) is 1.64. The van der Waals surface area contributed by atoms with Gasteiger partial charge in [0.05, 0.1) is 0 Å². The van der Waals surface area contributed by atoms with Crippen LogP contribution in [0.25, 0.3) is 0 Å². The van der Waals surface area contributed by atoms with Crippen molar-refractivity contribution in [3.63, 3.8) is 0 Å². The van der Waals surface area contributed by atoms with Crippen molar-refractivity contribution in [2.75, 3.05) is 12.3 Å². The molecule has 1 heterocycles. The lowest BCUT2D eigenvalue weighted by molar-refractivity contribution is 0.0531. The summed E-state index contributed by atoms with van der Waals surface area (Å²) in [7, 11) is 3.25. The molecule has 0 saturated heterocycles. The van der Waals surface area contributed by atoms with Gasteiger partial charge < -0.3 is 10.1 Å². The fraction of sp³-hybridized carbons (Fsp3) is 0.500. The van der Waals surface area contributed by atoms with Crippen LogP contribution in [0.1, 0.15) is 20.8 Å². The molecule has 1 amide bonds. The van der Waals surface area contributed by atoms with Gasteiger partial charge in [-0.15, -0.1) is 0 Å². The number of carbonyl (C=O) groups is 1. The lowest BCUT2D eigenvalue weighted by atomic mass is 10.2. The standard InChI is InChI=1S/C12H18N2O2S2/c1-12(2,3)16-11(15)14-8-9-17-18-10-6-4-5-7-13-10/h4-7H,8-9H2,1-3H3,(H,14,15). The van der Waals surface area contributed by atoms with Gasteiger partial charge >= 0.3 is 6.09 Å². The summed E-state index contributed by atoms with van der Waals surface area (Å²) in [4.78, 5) is 15.5. The van der Waals surface area contributed by atoms with Gasteiger partial charge in [-0.25, -0.2) is 9.78 Å². The number of hydrogen-bond donors (Lipinski definition) is 1. The Morgan fingerprint density at radius 2 is 2.22 bits per heavy atom. The Morgan fingerprint density at radius 3 is 2.83 bits per heavy atom. The van der Waals surface area contributed by atoms with Crippen molar-refractivity contribution in [2.45, 2.75) is 31.4 Å². The third kappa shape index (κ3) is 7.45. The van der Waals surface area contributed by atoms with E-state index >= 15 is 0 Å². The van der Waals surface area contributed by atoms with Crippen LogP contribution in [0.4, 0.5) is 4.79 Å². The third-order valence-corrected chi connectivity index (χ3v) is 3.90. The molecule has 0 aliphatic rings. The highest BCUT2D eigenvalue weighted by atomic mass is 33.1. The van der Waals surface area contributed by atoms with Crippen molar-refractivity contribution in [3.8, 4) is 0 Å². The lowest BCUT2D eigenvalue weighted by Crippen LogP contribution is -2.33. The normalized spacial score (nSPS) is 11.1. The summed E-state index contributed by atoms with van der Waals surface area (Å²) in [6.07, 6.45) is 1.40. The highest BCUT2D eigenvalue weighted by Gasteiger charge is 2.15. The number of ether oxygens (including phenoxy) is 1. The molecule has 1 N–H and O–H groups in total. The molecule has 0 bridgehead atoms. The Bertz CT molecular complexity index is 366. The van der Waals surface area contributed by atoms with E-state index in [-0.39, 0.29) is 6.09 Å². The van der Waals surface area contributed by atoms with Crippen molar-refractivity contribution in [1.29, 1.82) is 0 Å². The molecule has 100 valence electrons. The van der Waals surface area contributed by atoms with Crippen LogP contribution in [0, 0.1) is 0 Å². The summed E-state index contributed by atoms with van der Waals surface area (Å²) in [5.74, 6) is 0.806. The van der Waals surface area contributed by atoms with Crippen molar-refractivity contribution >= 4 is 27.7 Å². The Hall–Kier alpha value is -0.880. The summed E-state index contributed by atoms with van der Waals surface area (Å²) in [6, 6.07) is 5.80. The molecular formula is C12H18N2O2S2. The molecule has 0 atom stereocenters. The maximum absolute atomic E-state index is 11.3. The average Bonchev–Trinajstić information content (AvgIpc) is 2.27. The molecule has 1 aromatic heterocycles. The first kappa shape index (κ1) is 15.2. The van der Waals surface area contributed by atoms with Gasteiger partial charge in [-0.2, -0.15) is 0 Å². The van der Waals surface area contributed by atoms with Gasteiger partial charge in [-0.05, 0) is 43.7 Å². The van der Waals surface area contributed by atoms with Gasteiger partial charge in [0.15, 0.2) is 0 Å². The Balaban J connectivity index is 2.07. The van der Waals surface area contributed by atoms with E-state index in [2.05, 4.69) is 10.3 Å². The quantitative estimate of drug-likeness (QED) is 0.664. The lowest BCUT2D eigenvalue weighted by Gasteiger charge is -2.19. The zero-order valence-corrected chi connectivity index (χ0v) is 12.4. The zero-order valence-electron chi connectivity index (χ0n) is 10.8. The summed E-state index contributed by atoms with van der Waals surface area (Å²) in [5.41, 5.74) is -0.445. The smallest absolute Gasteiger partial charge is 0.407 e. The van der Waals surface area contributed by atoms with E-state index in [1.165, 1.54) is 0 Å². The molecule has 4 nitrogen and oxygen atoms in total. The SMILES string of the molecule is CC(C)(C)OC(=O)NCCSSc1ccccn1. The molecule has 0 fully saturated rings. The number of nitrogens with zero attached hydrogens (tertiary/aromatic N) is 1. The molecule has 1 aromatic rings. The maximum atomic E-state index is 11.3. The first-order valence-corrected chi connectivity index (χ1v) is 7.96. The number of hydrogen-bond acceptors (Lipinski definition) is 5. The van der Waals surface area contributed by atoms with Gasteiger partial charge in [0.1, 0.15) is 10.6 Å². The van der Waals surface area contributed by atoms with E-state index < -0.39 is 5.60 Å². The summed E-state index contributed by atoms with van der Waals surface area (Å²) >= 11 is 0. The molecule has 0 spiro atoms. The zero-order chi connectivity index (χ0) is 13.4. The van der Waals surface area contributed by atoms with Gasteiger partial charge in [-0.3, -0.25) is 0 Å². The van der Waals surface area contributed by atoms with E-state index in [1.807, 2.05) is 39.0 Å². The number of pyridine rings is 1. The van der Waals surface area contributed by atoms with Gasteiger partial charge in [0.25, 0.3) is 0 Å². The molecule has 18 heavy (non-hydrogen) atoms. The van der Waals surface area contributed by atoms with Gasteiger partial charge in [0, 0.05) is 18.5 Å². The van der Waals surface area contributed by atoms with Crippen LogP contribution in [0.5, 0.6) is 0 Å². The minimum atomic E-state index is -0.445. The topological polar surface area (TPSA) is 51.2 Å². The highest BCUT2D eigenvalue weighted by Crippen LogP contribution is 2.28. The second-order valence-corrected chi connectivity index (χ2v) is 6.94. The maximum Gasteiger partial charge on any atom is 0.407 e. The van der Waals surface area contributed by atoms with E-state index in [1.54, 1.807) is 27.8 Å². The summed E-state index contributed by atoms with van der Waals surface area (Å²) < 4.78 is 5.12. The van der Waals surface area contributed by atoms with Crippen LogP contribution in [0.3, 0.4) is 0 Å². The number of rotatable bonds is 5. The first-order chi connectivity index (χ1) is 8.47. The minimum absolute atomic E-state index is 0.370. The van der Waals surface area contributed by atoms with Crippen LogP contribution in [0.2, 0.25) is 0 Å². The average molecular weight is 286 g/mol. The minimum Gasteiger partial charge on any atom is -0.444 e. The van der Waals surface area contributed by atoms with Crippen molar-refractivity contribution in [3.05, 3.63) is 24.4 Å². The van der Waals surface area contributed by atoms with E-state index in [0.29, 0.717) is 6.54 Å². The number of carbonyl (C=O) groups excluding carboxylic acids is 1. The van der Waals surface area contributed by atoms with E-state index in [0.717, 1.165) is 10.8 Å². The van der Waals surface area contributed by atoms with E-state index in [4.69, 9.17) is 4.74 Å². The Labute approximate surface area is 116 Å². The molecule has 0 saturated carbocycles.